The Balaban J connectivity index is 4.60. The third-order valence-electron chi connectivity index (χ3n) is 11.0. The van der Waals surface area contributed by atoms with Crippen molar-refractivity contribution in [2.45, 2.75) is 226 Å². The van der Waals surface area contributed by atoms with Crippen LogP contribution in [0, 0.1) is 0 Å². The lowest BCUT2D eigenvalue weighted by atomic mass is 10.1. The number of rotatable bonds is 47. The second kappa shape index (κ2) is 55.1. The van der Waals surface area contributed by atoms with Crippen LogP contribution in [0.3, 0.4) is 0 Å². The molecule has 0 amide bonds. The van der Waals surface area contributed by atoms with Crippen LogP contribution in [0.25, 0.3) is 0 Å². The number of carbonyl (C=O) groups is 3. The van der Waals surface area contributed by atoms with Crippen LogP contribution in [0.1, 0.15) is 220 Å². The highest BCUT2D eigenvalue weighted by molar-refractivity contribution is 5.71. The number of allylic oxidation sites excluding steroid dienone is 22. The minimum atomic E-state index is -0.832. The van der Waals surface area contributed by atoms with E-state index < -0.39 is 6.10 Å². The summed E-state index contributed by atoms with van der Waals surface area (Å²) in [5, 5.41) is 0. The van der Waals surface area contributed by atoms with E-state index in [9.17, 15) is 14.4 Å². The molecule has 1 atom stereocenters. The highest BCUT2D eigenvalue weighted by Gasteiger charge is 2.19. The molecule has 0 bridgehead atoms. The van der Waals surface area contributed by atoms with Gasteiger partial charge in [0.25, 0.3) is 0 Å². The van der Waals surface area contributed by atoms with Crippen LogP contribution in [-0.2, 0) is 28.6 Å². The monoisotopic (exact) mass is 939 g/mol. The number of hydrogen-bond donors (Lipinski definition) is 0. The van der Waals surface area contributed by atoms with Gasteiger partial charge in [0.05, 0.1) is 0 Å². The van der Waals surface area contributed by atoms with Gasteiger partial charge in [-0.05, 0) is 109 Å². The lowest BCUT2D eigenvalue weighted by Crippen LogP contribution is -2.30. The van der Waals surface area contributed by atoms with E-state index in [-0.39, 0.29) is 44.0 Å². The molecule has 0 heterocycles. The van der Waals surface area contributed by atoms with E-state index in [0.29, 0.717) is 12.8 Å². The van der Waals surface area contributed by atoms with Gasteiger partial charge in [0.15, 0.2) is 6.10 Å². The van der Waals surface area contributed by atoms with E-state index in [4.69, 9.17) is 14.2 Å². The number of carbonyl (C=O) groups excluding carboxylic acids is 3. The Bertz CT molecular complexity index is 1500. The van der Waals surface area contributed by atoms with Crippen LogP contribution >= 0.6 is 0 Å². The molecular formula is C62H98O6. The zero-order valence-electron chi connectivity index (χ0n) is 43.6. The highest BCUT2D eigenvalue weighted by atomic mass is 16.6. The fourth-order valence-corrected chi connectivity index (χ4v) is 6.88. The molecule has 0 N–H and O–H groups in total. The largest absolute Gasteiger partial charge is 0.462 e. The molecule has 0 aliphatic rings. The Labute approximate surface area is 417 Å². The first kappa shape index (κ1) is 63.5. The summed E-state index contributed by atoms with van der Waals surface area (Å²) in [4.78, 5) is 38.0. The molecule has 0 saturated heterocycles. The molecule has 382 valence electrons. The fourth-order valence-electron chi connectivity index (χ4n) is 6.88. The highest BCUT2D eigenvalue weighted by Crippen LogP contribution is 2.12. The lowest BCUT2D eigenvalue weighted by Gasteiger charge is -2.18. The van der Waals surface area contributed by atoms with Crippen molar-refractivity contribution >= 4 is 17.9 Å². The standard InChI is InChI=1S/C62H98O6/c1-4-7-10-13-16-19-22-25-27-29-31-33-34-37-40-43-46-49-52-55-61(64)67-58-59(57-66-60(63)54-51-48-45-42-39-36-24-21-18-15-12-9-6-3)68-62(65)56-53-50-47-44-41-38-35-32-30-28-26-23-20-17-14-11-8-5-2/h7,10,16-17,19-20,23,25-28,30-33,35-37,39-40,46,49,59H,4-6,8-9,11-15,18,21-22,24,29,34,38,41-45,47-48,50-58H2,1-3H3/b10-7-,19-16-,20-17-,26-23-,27-25-,30-28-,33-31-,35-32-,39-36-,40-37-,49-46-. The van der Waals surface area contributed by atoms with E-state index in [1.807, 2.05) is 12.2 Å². The SMILES string of the molecule is CC/C=C\C/C=C\C/C=C\C/C=C\C/C=C\C/C=C\CCC(=O)OCC(COC(=O)CCCCC/C=C\CCCCCCCC)OC(=O)CCCCCCC\C=C/C=C\C=C/C=C\CCCCC. The van der Waals surface area contributed by atoms with Gasteiger partial charge < -0.3 is 14.2 Å². The Morgan fingerprint density at radius 1 is 0.324 bits per heavy atom. The van der Waals surface area contributed by atoms with Crippen LogP contribution in [0.2, 0.25) is 0 Å². The maximum atomic E-state index is 12.8. The van der Waals surface area contributed by atoms with Gasteiger partial charge in [0.2, 0.25) is 0 Å². The Hall–Kier alpha value is -4.45. The van der Waals surface area contributed by atoms with Gasteiger partial charge in [-0.2, -0.15) is 0 Å². The molecule has 6 heteroatoms. The first-order chi connectivity index (χ1) is 33.5. The fraction of sp³-hybridized carbons (Fsp3) is 0.597. The minimum Gasteiger partial charge on any atom is -0.462 e. The van der Waals surface area contributed by atoms with Crippen LogP contribution in [0.5, 0.6) is 0 Å². The Morgan fingerprint density at radius 2 is 0.662 bits per heavy atom. The summed E-state index contributed by atoms with van der Waals surface area (Å²) in [6, 6.07) is 0. The van der Waals surface area contributed by atoms with Crippen molar-refractivity contribution in [1.29, 1.82) is 0 Å². The van der Waals surface area contributed by atoms with Gasteiger partial charge in [-0.15, -0.1) is 0 Å². The molecule has 68 heavy (non-hydrogen) atoms. The van der Waals surface area contributed by atoms with E-state index >= 15 is 0 Å². The third-order valence-corrected chi connectivity index (χ3v) is 11.0. The molecule has 0 aliphatic carbocycles. The summed E-state index contributed by atoms with van der Waals surface area (Å²) in [6.07, 6.45) is 77.3. The second-order valence-corrected chi connectivity index (χ2v) is 17.5. The van der Waals surface area contributed by atoms with Crippen molar-refractivity contribution in [3.63, 3.8) is 0 Å². The summed E-state index contributed by atoms with van der Waals surface area (Å²) in [6.45, 7) is 6.36. The maximum absolute atomic E-state index is 12.8. The average Bonchev–Trinajstić information content (AvgIpc) is 3.34. The summed E-state index contributed by atoms with van der Waals surface area (Å²) in [5.41, 5.74) is 0. The second-order valence-electron chi connectivity index (χ2n) is 17.5. The van der Waals surface area contributed by atoms with Crippen molar-refractivity contribution in [3.8, 4) is 0 Å². The summed E-state index contributed by atoms with van der Waals surface area (Å²) < 4.78 is 16.7. The van der Waals surface area contributed by atoms with Gasteiger partial charge in [-0.1, -0.05) is 225 Å². The smallest absolute Gasteiger partial charge is 0.306 e. The molecule has 6 nitrogen and oxygen atoms in total. The molecule has 0 radical (unpaired) electrons. The zero-order valence-corrected chi connectivity index (χ0v) is 43.6. The van der Waals surface area contributed by atoms with E-state index in [2.05, 4.69) is 142 Å². The van der Waals surface area contributed by atoms with E-state index in [1.54, 1.807) is 0 Å². The predicted molar refractivity (Wildman–Crippen MR) is 292 cm³/mol. The van der Waals surface area contributed by atoms with Crippen LogP contribution in [-0.4, -0.2) is 37.2 Å². The van der Waals surface area contributed by atoms with Crippen molar-refractivity contribution in [2.75, 3.05) is 13.2 Å². The summed E-state index contributed by atoms with van der Waals surface area (Å²) >= 11 is 0. The molecular weight excluding hydrogens is 841 g/mol. The van der Waals surface area contributed by atoms with Gasteiger partial charge in [-0.25, -0.2) is 0 Å². The Morgan fingerprint density at radius 3 is 1.16 bits per heavy atom. The first-order valence-electron chi connectivity index (χ1n) is 27.2. The molecule has 0 aromatic heterocycles. The van der Waals surface area contributed by atoms with Gasteiger partial charge in [-0.3, -0.25) is 14.4 Å². The molecule has 0 saturated carbocycles. The topological polar surface area (TPSA) is 78.9 Å². The predicted octanol–water partition coefficient (Wildman–Crippen LogP) is 18.3. The first-order valence-corrected chi connectivity index (χ1v) is 27.2. The average molecular weight is 939 g/mol. The number of unbranched alkanes of at least 4 members (excludes halogenated alkanes) is 17. The zero-order chi connectivity index (χ0) is 49.3. The van der Waals surface area contributed by atoms with Crippen LogP contribution in [0.4, 0.5) is 0 Å². The van der Waals surface area contributed by atoms with Crippen molar-refractivity contribution in [1.82, 2.24) is 0 Å². The lowest BCUT2D eigenvalue weighted by molar-refractivity contribution is -0.166. The number of ether oxygens (including phenoxy) is 3. The molecule has 0 spiro atoms. The van der Waals surface area contributed by atoms with Gasteiger partial charge in [0.1, 0.15) is 13.2 Å². The van der Waals surface area contributed by atoms with Crippen molar-refractivity contribution in [3.05, 3.63) is 134 Å². The third kappa shape index (κ3) is 52.5. The van der Waals surface area contributed by atoms with Gasteiger partial charge >= 0.3 is 17.9 Å². The maximum Gasteiger partial charge on any atom is 0.306 e. The number of hydrogen-bond acceptors (Lipinski definition) is 6. The number of esters is 3. The molecule has 0 rings (SSSR count). The molecule has 0 aliphatic heterocycles. The molecule has 0 aromatic rings. The molecule has 1 unspecified atom stereocenters. The molecule has 0 aromatic carbocycles. The van der Waals surface area contributed by atoms with Crippen molar-refractivity contribution < 1.29 is 28.6 Å². The normalized spacial score (nSPS) is 13.2. The van der Waals surface area contributed by atoms with E-state index in [0.717, 1.165) is 116 Å². The summed E-state index contributed by atoms with van der Waals surface area (Å²) in [7, 11) is 0. The van der Waals surface area contributed by atoms with Crippen LogP contribution in [0.15, 0.2) is 134 Å². The quantitative estimate of drug-likeness (QED) is 0.0199. The van der Waals surface area contributed by atoms with Crippen LogP contribution < -0.4 is 0 Å². The minimum absolute atomic E-state index is 0.124. The summed E-state index contributed by atoms with van der Waals surface area (Å²) in [5.74, 6) is -1.06. The van der Waals surface area contributed by atoms with E-state index in [1.165, 1.54) is 57.8 Å². The van der Waals surface area contributed by atoms with Gasteiger partial charge in [0, 0.05) is 19.3 Å². The Kier molecular flexibility index (Phi) is 51.5. The molecule has 0 fully saturated rings. The van der Waals surface area contributed by atoms with Crippen molar-refractivity contribution in [2.24, 2.45) is 0 Å².